The Morgan fingerprint density at radius 1 is 1.00 bits per heavy atom. The van der Waals surface area contributed by atoms with Gasteiger partial charge >= 0.3 is 0 Å². The van der Waals surface area contributed by atoms with Gasteiger partial charge < -0.3 is 19.5 Å². The number of hydrogen-bond donors (Lipinski definition) is 1. The summed E-state index contributed by atoms with van der Waals surface area (Å²) in [6, 6.07) is 23.2. The number of rotatable bonds is 7. The maximum absolute atomic E-state index is 5.93. The van der Waals surface area contributed by atoms with Crippen LogP contribution in [0.3, 0.4) is 0 Å². The first-order valence-corrected chi connectivity index (χ1v) is 13.2. The summed E-state index contributed by atoms with van der Waals surface area (Å²) < 4.78 is 7.79. The minimum atomic E-state index is -0.0524. The van der Waals surface area contributed by atoms with Crippen molar-refractivity contribution in [1.82, 2.24) is 19.8 Å². The second-order valence-electron chi connectivity index (χ2n) is 9.70. The van der Waals surface area contributed by atoms with Gasteiger partial charge in [-0.25, -0.2) is 0 Å². The van der Waals surface area contributed by atoms with Gasteiger partial charge in [0.1, 0.15) is 5.75 Å². The number of thiocarbonyl (C=S) groups is 1. The lowest BCUT2D eigenvalue weighted by atomic mass is 9.96. The number of pyridine rings is 1. The Bertz CT molecular complexity index is 1410. The molecular formula is C31H34N4OS. The van der Waals surface area contributed by atoms with Crippen LogP contribution in [0, 0.1) is 20.8 Å². The highest BCUT2D eigenvalue weighted by Crippen LogP contribution is 2.42. The monoisotopic (exact) mass is 510 g/mol. The summed E-state index contributed by atoms with van der Waals surface area (Å²) in [6.07, 6.45) is 2.84. The van der Waals surface area contributed by atoms with Crippen molar-refractivity contribution >= 4 is 17.3 Å². The van der Waals surface area contributed by atoms with Gasteiger partial charge in [0, 0.05) is 24.1 Å². The number of aromatic nitrogens is 2. The molecule has 5 nitrogen and oxygen atoms in total. The van der Waals surface area contributed by atoms with Gasteiger partial charge in [0.15, 0.2) is 5.11 Å². The lowest BCUT2D eigenvalue weighted by molar-refractivity contribution is 0.310. The van der Waals surface area contributed by atoms with Crippen LogP contribution in [-0.4, -0.2) is 26.7 Å². The van der Waals surface area contributed by atoms with E-state index in [0.717, 1.165) is 23.0 Å². The minimum absolute atomic E-state index is 0.00135. The van der Waals surface area contributed by atoms with Crippen molar-refractivity contribution in [2.24, 2.45) is 0 Å². The van der Waals surface area contributed by atoms with Gasteiger partial charge in [-0.2, -0.15) is 0 Å². The Kier molecular flexibility index (Phi) is 7.02. The number of methoxy groups -OCH3 is 1. The smallest absolute Gasteiger partial charge is 0.170 e. The molecule has 1 saturated heterocycles. The van der Waals surface area contributed by atoms with E-state index in [1.807, 2.05) is 30.5 Å². The third-order valence-electron chi connectivity index (χ3n) is 7.42. The van der Waals surface area contributed by atoms with E-state index in [2.05, 4.69) is 84.9 Å². The zero-order chi connectivity index (χ0) is 26.1. The molecule has 2 aromatic heterocycles. The lowest BCUT2D eigenvalue weighted by Crippen LogP contribution is -2.29. The maximum Gasteiger partial charge on any atom is 0.170 e. The highest BCUT2D eigenvalue weighted by atomic mass is 32.1. The number of nitrogens with one attached hydrogen (secondary N) is 1. The molecule has 1 aliphatic rings. The average Bonchev–Trinajstić information content (AvgIpc) is 3.39. The quantitative estimate of drug-likeness (QED) is 0.286. The first kappa shape index (κ1) is 25.0. The highest BCUT2D eigenvalue weighted by molar-refractivity contribution is 7.80. The van der Waals surface area contributed by atoms with Crippen LogP contribution in [0.5, 0.6) is 5.75 Å². The molecule has 0 amide bonds. The predicted octanol–water partition coefficient (Wildman–Crippen LogP) is 6.54. The second kappa shape index (κ2) is 10.4. The first-order valence-electron chi connectivity index (χ1n) is 12.8. The molecular weight excluding hydrogens is 476 g/mol. The van der Waals surface area contributed by atoms with Crippen molar-refractivity contribution in [2.45, 2.75) is 52.7 Å². The zero-order valence-corrected chi connectivity index (χ0v) is 23.0. The normalized spacial score (nSPS) is 17.2. The van der Waals surface area contributed by atoms with Gasteiger partial charge in [-0.1, -0.05) is 43.3 Å². The van der Waals surface area contributed by atoms with Crippen LogP contribution in [0.15, 0.2) is 72.9 Å². The number of ether oxygens (including phenoxy) is 1. The predicted molar refractivity (Wildman–Crippen MR) is 153 cm³/mol. The van der Waals surface area contributed by atoms with Crippen LogP contribution in [0.25, 0.3) is 5.69 Å². The number of para-hydroxylation sites is 1. The molecule has 1 fully saturated rings. The molecule has 0 unspecified atom stereocenters. The fourth-order valence-corrected chi connectivity index (χ4v) is 5.90. The molecule has 0 spiro atoms. The third-order valence-corrected chi connectivity index (χ3v) is 7.78. The minimum Gasteiger partial charge on any atom is -0.497 e. The summed E-state index contributed by atoms with van der Waals surface area (Å²) in [6.45, 7) is 9.55. The molecule has 1 N–H and O–H groups in total. The standard InChI is InChI=1S/C31H34N4OS/c1-6-24-11-9-10-20(2)29(24)35-21(3)18-26(22(35)4)30-28(27-12-7-8-17-32-27)33-31(37)34(30)19-23-13-15-25(36-5)16-14-23/h7-18,28,30H,6,19H2,1-5H3,(H,33,37)/t28-,30-/m0/s1. The Morgan fingerprint density at radius 3 is 2.46 bits per heavy atom. The SMILES string of the molecule is CCc1cccc(C)c1-n1c(C)cc([C@H]2[C@H](c3ccccn3)NC(=S)N2Cc2ccc(OC)cc2)c1C. The summed E-state index contributed by atoms with van der Waals surface area (Å²) in [7, 11) is 1.69. The van der Waals surface area contributed by atoms with Gasteiger partial charge in [0.25, 0.3) is 0 Å². The largest absolute Gasteiger partial charge is 0.497 e. The van der Waals surface area contributed by atoms with E-state index in [-0.39, 0.29) is 12.1 Å². The van der Waals surface area contributed by atoms with Crippen LogP contribution >= 0.6 is 12.2 Å². The van der Waals surface area contributed by atoms with Gasteiger partial charge in [0.2, 0.25) is 0 Å². The molecule has 2 aromatic carbocycles. The molecule has 4 aromatic rings. The highest BCUT2D eigenvalue weighted by Gasteiger charge is 2.41. The van der Waals surface area contributed by atoms with Crippen LogP contribution in [-0.2, 0) is 13.0 Å². The fraction of sp³-hybridized carbons (Fsp3) is 0.290. The van der Waals surface area contributed by atoms with E-state index in [1.165, 1.54) is 39.3 Å². The molecule has 5 rings (SSSR count). The average molecular weight is 511 g/mol. The summed E-state index contributed by atoms with van der Waals surface area (Å²) in [5, 5.41) is 4.34. The van der Waals surface area contributed by atoms with Crippen molar-refractivity contribution in [1.29, 1.82) is 0 Å². The molecule has 0 saturated carbocycles. The Labute approximate surface area is 225 Å². The summed E-state index contributed by atoms with van der Waals surface area (Å²) in [5.41, 5.74) is 9.81. The molecule has 0 radical (unpaired) electrons. The van der Waals surface area contributed by atoms with Crippen molar-refractivity contribution in [3.63, 3.8) is 0 Å². The molecule has 37 heavy (non-hydrogen) atoms. The Balaban J connectivity index is 1.63. The molecule has 0 bridgehead atoms. The van der Waals surface area contributed by atoms with Gasteiger partial charge in [0.05, 0.1) is 30.6 Å². The van der Waals surface area contributed by atoms with Crippen LogP contribution < -0.4 is 10.1 Å². The Hall–Kier alpha value is -3.64. The molecule has 190 valence electrons. The van der Waals surface area contributed by atoms with E-state index < -0.39 is 0 Å². The van der Waals surface area contributed by atoms with Crippen LogP contribution in [0.2, 0.25) is 0 Å². The number of aryl methyl sites for hydroxylation is 3. The summed E-state index contributed by atoms with van der Waals surface area (Å²) >= 11 is 5.93. The first-order chi connectivity index (χ1) is 17.9. The van der Waals surface area contributed by atoms with Crippen molar-refractivity contribution in [2.75, 3.05) is 7.11 Å². The van der Waals surface area contributed by atoms with E-state index in [1.54, 1.807) is 7.11 Å². The van der Waals surface area contributed by atoms with Gasteiger partial charge in [-0.15, -0.1) is 0 Å². The molecule has 1 aliphatic heterocycles. The topological polar surface area (TPSA) is 42.3 Å². The van der Waals surface area contributed by atoms with Crippen molar-refractivity contribution in [3.8, 4) is 11.4 Å². The maximum atomic E-state index is 5.93. The Morgan fingerprint density at radius 2 is 1.78 bits per heavy atom. The van der Waals surface area contributed by atoms with Gasteiger partial charge in [-0.3, -0.25) is 4.98 Å². The summed E-state index contributed by atoms with van der Waals surface area (Å²) in [5.74, 6) is 0.849. The molecule has 3 heterocycles. The van der Waals surface area contributed by atoms with Crippen LogP contribution in [0.1, 0.15) is 58.3 Å². The van der Waals surface area contributed by atoms with Crippen molar-refractivity contribution in [3.05, 3.63) is 112 Å². The summed E-state index contributed by atoms with van der Waals surface area (Å²) in [4.78, 5) is 7.03. The molecule has 2 atom stereocenters. The molecule has 6 heteroatoms. The van der Waals surface area contributed by atoms with E-state index in [0.29, 0.717) is 6.54 Å². The van der Waals surface area contributed by atoms with E-state index in [9.17, 15) is 0 Å². The second-order valence-corrected chi connectivity index (χ2v) is 10.1. The zero-order valence-electron chi connectivity index (χ0n) is 22.2. The van der Waals surface area contributed by atoms with Crippen LogP contribution in [0.4, 0.5) is 0 Å². The molecule has 0 aliphatic carbocycles. The third kappa shape index (κ3) is 4.62. The lowest BCUT2D eigenvalue weighted by Gasteiger charge is -2.28. The number of hydrogen-bond acceptors (Lipinski definition) is 3. The van der Waals surface area contributed by atoms with Crippen molar-refractivity contribution < 1.29 is 4.74 Å². The number of nitrogens with zero attached hydrogens (tertiary/aromatic N) is 3. The van der Waals surface area contributed by atoms with E-state index >= 15 is 0 Å². The number of benzene rings is 2. The van der Waals surface area contributed by atoms with Gasteiger partial charge in [-0.05, 0) is 92.0 Å². The fourth-order valence-electron chi connectivity index (χ4n) is 5.60. The van der Waals surface area contributed by atoms with E-state index in [4.69, 9.17) is 21.9 Å².